The Morgan fingerprint density at radius 3 is 2.69 bits per heavy atom. The molecule has 0 saturated heterocycles. The molecule has 0 aliphatic carbocycles. The third-order valence-electron chi connectivity index (χ3n) is 4.11. The van der Waals surface area contributed by atoms with Gasteiger partial charge in [-0.3, -0.25) is 4.79 Å². The molecule has 0 saturated carbocycles. The number of anilines is 1. The molecule has 1 amide bonds. The Hall–Kier alpha value is -1.25. The van der Waals surface area contributed by atoms with Crippen molar-refractivity contribution in [3.8, 4) is 0 Å². The fraction of sp³-hybridized carbons (Fsp3) is 0.235. The fourth-order valence-corrected chi connectivity index (χ4v) is 4.88. The number of rotatable bonds is 4. The zero-order valence-corrected chi connectivity index (χ0v) is 16.9. The average Bonchev–Trinajstić information content (AvgIpc) is 2.89. The van der Waals surface area contributed by atoms with Crippen molar-refractivity contribution in [1.29, 1.82) is 0 Å². The van der Waals surface area contributed by atoms with Crippen molar-refractivity contribution >= 4 is 56.6 Å². The van der Waals surface area contributed by atoms with Gasteiger partial charge in [-0.05, 0) is 55.3 Å². The normalized spacial score (nSPS) is 16.6. The number of thioether (sulfide) groups is 1. The highest BCUT2D eigenvalue weighted by Gasteiger charge is 2.31. The van der Waals surface area contributed by atoms with Crippen LogP contribution in [0.2, 0.25) is 10.0 Å². The molecule has 2 aromatic carbocycles. The Kier molecular flexibility index (Phi) is 5.55. The first-order valence-corrected chi connectivity index (χ1v) is 11.0. The smallest absolute Gasteiger partial charge is 0.238 e. The van der Waals surface area contributed by atoms with Crippen LogP contribution in [0.25, 0.3) is 0 Å². The third-order valence-corrected chi connectivity index (χ3v) is 6.74. The lowest BCUT2D eigenvalue weighted by atomic mass is 10.1. The van der Waals surface area contributed by atoms with Gasteiger partial charge in [0.05, 0.1) is 15.7 Å². The Balaban J connectivity index is 1.80. The number of primary sulfonamides is 1. The van der Waals surface area contributed by atoms with Crippen molar-refractivity contribution in [1.82, 2.24) is 0 Å². The van der Waals surface area contributed by atoms with Crippen LogP contribution in [0.3, 0.4) is 0 Å². The minimum Gasteiger partial charge on any atom is -0.308 e. The summed E-state index contributed by atoms with van der Waals surface area (Å²) in [5.74, 6) is 0.112. The van der Waals surface area contributed by atoms with Gasteiger partial charge in [-0.15, -0.1) is 11.8 Å². The van der Waals surface area contributed by atoms with E-state index in [9.17, 15) is 13.2 Å². The van der Waals surface area contributed by atoms with Gasteiger partial charge in [0.2, 0.25) is 15.9 Å². The minimum absolute atomic E-state index is 0.0535. The maximum absolute atomic E-state index is 12.8. The molecule has 2 aromatic rings. The molecular formula is C17H16Cl2N2O3S2. The molecule has 3 rings (SSSR count). The average molecular weight is 431 g/mol. The number of nitrogens with two attached hydrogens (primary N) is 1. The summed E-state index contributed by atoms with van der Waals surface area (Å²) in [4.78, 5) is 15.2. The first-order chi connectivity index (χ1) is 12.2. The van der Waals surface area contributed by atoms with Gasteiger partial charge in [-0.1, -0.05) is 23.2 Å². The number of carbonyl (C=O) groups excluding carboxylic acids is 1. The van der Waals surface area contributed by atoms with Gasteiger partial charge in [-0.25, -0.2) is 13.6 Å². The molecule has 0 fully saturated rings. The number of nitrogens with zero attached hydrogens (tertiary/aromatic N) is 1. The number of hydrogen-bond acceptors (Lipinski definition) is 4. The van der Waals surface area contributed by atoms with Crippen LogP contribution >= 0.6 is 35.0 Å². The largest absolute Gasteiger partial charge is 0.308 e. The SMILES string of the molecule is CC1Cc2cc(S(N)(=O)=O)ccc2N1C(=O)CSc1cc(Cl)ccc1Cl. The number of amides is 1. The standard InChI is InChI=1S/C17H16Cl2N2O3S2/c1-10-6-11-7-13(26(20,23)24)3-5-15(11)21(10)17(22)9-25-16-8-12(18)2-4-14(16)19/h2-5,7-8,10H,6,9H2,1H3,(H2,20,23,24). The molecule has 26 heavy (non-hydrogen) atoms. The lowest BCUT2D eigenvalue weighted by molar-refractivity contribution is -0.116. The van der Waals surface area contributed by atoms with Crippen molar-refractivity contribution in [3.63, 3.8) is 0 Å². The number of halogens is 2. The Morgan fingerprint density at radius 1 is 1.27 bits per heavy atom. The fourth-order valence-electron chi connectivity index (χ4n) is 2.96. The molecule has 0 bridgehead atoms. The molecule has 138 valence electrons. The number of fused-ring (bicyclic) bond motifs is 1. The monoisotopic (exact) mass is 430 g/mol. The van der Waals surface area contributed by atoms with Crippen molar-refractivity contribution in [2.45, 2.75) is 29.2 Å². The highest BCUT2D eigenvalue weighted by molar-refractivity contribution is 8.00. The first kappa shape index (κ1) is 19.5. The number of sulfonamides is 1. The lowest BCUT2D eigenvalue weighted by Gasteiger charge is -2.22. The molecule has 0 radical (unpaired) electrons. The van der Waals surface area contributed by atoms with Crippen LogP contribution < -0.4 is 10.0 Å². The second-order valence-electron chi connectivity index (χ2n) is 6.02. The molecule has 5 nitrogen and oxygen atoms in total. The summed E-state index contributed by atoms with van der Waals surface area (Å²) >= 11 is 13.4. The molecule has 1 heterocycles. The van der Waals surface area contributed by atoms with Crippen LogP contribution in [0.1, 0.15) is 12.5 Å². The van der Waals surface area contributed by atoms with Gasteiger partial charge in [-0.2, -0.15) is 0 Å². The van der Waals surface area contributed by atoms with Gasteiger partial charge in [0.25, 0.3) is 0 Å². The van der Waals surface area contributed by atoms with E-state index in [1.165, 1.54) is 23.9 Å². The van der Waals surface area contributed by atoms with E-state index in [0.717, 1.165) is 10.5 Å². The van der Waals surface area contributed by atoms with E-state index in [0.29, 0.717) is 22.2 Å². The summed E-state index contributed by atoms with van der Waals surface area (Å²) in [5.41, 5.74) is 1.51. The van der Waals surface area contributed by atoms with E-state index in [2.05, 4.69) is 0 Å². The zero-order chi connectivity index (χ0) is 19.1. The highest BCUT2D eigenvalue weighted by atomic mass is 35.5. The van der Waals surface area contributed by atoms with E-state index in [1.807, 2.05) is 6.92 Å². The van der Waals surface area contributed by atoms with Crippen LogP contribution in [0.4, 0.5) is 5.69 Å². The van der Waals surface area contributed by atoms with E-state index in [-0.39, 0.29) is 22.6 Å². The number of carbonyl (C=O) groups is 1. The van der Waals surface area contributed by atoms with Gasteiger partial charge >= 0.3 is 0 Å². The maximum Gasteiger partial charge on any atom is 0.238 e. The molecule has 9 heteroatoms. The van der Waals surface area contributed by atoms with E-state index in [4.69, 9.17) is 28.3 Å². The molecule has 0 aromatic heterocycles. The Bertz CT molecular complexity index is 980. The molecule has 1 aliphatic heterocycles. The van der Waals surface area contributed by atoms with Crippen molar-refractivity contribution in [2.24, 2.45) is 5.14 Å². The van der Waals surface area contributed by atoms with Crippen LogP contribution in [-0.4, -0.2) is 26.1 Å². The maximum atomic E-state index is 12.8. The van der Waals surface area contributed by atoms with Gasteiger partial charge in [0, 0.05) is 21.6 Å². The summed E-state index contributed by atoms with van der Waals surface area (Å²) in [6.45, 7) is 1.92. The van der Waals surface area contributed by atoms with E-state index in [1.54, 1.807) is 29.2 Å². The summed E-state index contributed by atoms with van der Waals surface area (Å²) in [7, 11) is -3.77. The van der Waals surface area contributed by atoms with Gasteiger partial charge in [0.15, 0.2) is 0 Å². The molecule has 2 N–H and O–H groups in total. The molecule has 1 unspecified atom stereocenters. The summed E-state index contributed by atoms with van der Waals surface area (Å²) < 4.78 is 23.0. The highest BCUT2D eigenvalue weighted by Crippen LogP contribution is 2.35. The van der Waals surface area contributed by atoms with E-state index < -0.39 is 10.0 Å². The van der Waals surface area contributed by atoms with Crippen LogP contribution in [0.5, 0.6) is 0 Å². The van der Waals surface area contributed by atoms with Gasteiger partial charge in [0.1, 0.15) is 0 Å². The summed E-state index contributed by atoms with van der Waals surface area (Å²) in [6, 6.07) is 9.64. The predicted molar refractivity (Wildman–Crippen MR) is 106 cm³/mol. The zero-order valence-electron chi connectivity index (χ0n) is 13.8. The predicted octanol–water partition coefficient (Wildman–Crippen LogP) is 3.71. The van der Waals surface area contributed by atoms with Crippen molar-refractivity contribution < 1.29 is 13.2 Å². The molecule has 0 spiro atoms. The van der Waals surface area contributed by atoms with Crippen LogP contribution in [0, 0.1) is 0 Å². The quantitative estimate of drug-likeness (QED) is 0.749. The van der Waals surface area contributed by atoms with E-state index >= 15 is 0 Å². The van der Waals surface area contributed by atoms with Crippen LogP contribution in [-0.2, 0) is 21.2 Å². The summed E-state index contributed by atoms with van der Waals surface area (Å²) in [5, 5.41) is 6.28. The topological polar surface area (TPSA) is 80.5 Å². The third kappa shape index (κ3) is 4.02. The first-order valence-electron chi connectivity index (χ1n) is 7.72. The van der Waals surface area contributed by atoms with Crippen LogP contribution in [0.15, 0.2) is 46.2 Å². The van der Waals surface area contributed by atoms with Crippen molar-refractivity contribution in [2.75, 3.05) is 10.7 Å². The molecular weight excluding hydrogens is 415 g/mol. The lowest BCUT2D eigenvalue weighted by Crippen LogP contribution is -2.36. The number of hydrogen-bond donors (Lipinski definition) is 1. The Labute approximate surface area is 166 Å². The van der Waals surface area contributed by atoms with Crippen molar-refractivity contribution in [3.05, 3.63) is 52.0 Å². The second-order valence-corrected chi connectivity index (χ2v) is 9.44. The minimum atomic E-state index is -3.77. The molecule has 1 atom stereocenters. The number of benzene rings is 2. The Morgan fingerprint density at radius 2 is 2.00 bits per heavy atom. The van der Waals surface area contributed by atoms with Gasteiger partial charge < -0.3 is 4.90 Å². The summed E-state index contributed by atoms with van der Waals surface area (Å²) in [6.07, 6.45) is 0.576. The molecule has 1 aliphatic rings. The second kappa shape index (κ2) is 7.40.